The zero-order chi connectivity index (χ0) is 18.6. The smallest absolute Gasteiger partial charge is 0.317 e. The number of hydrogen-bond acceptors (Lipinski definition) is 2. The Balaban J connectivity index is 1.62. The number of hydrogen-bond donors (Lipinski definition) is 1. The van der Waals surface area contributed by atoms with E-state index in [4.69, 9.17) is 0 Å². The number of amides is 2. The number of rotatable bonds is 3. The number of aromatic nitrogens is 1. The van der Waals surface area contributed by atoms with Gasteiger partial charge in [0.25, 0.3) is 0 Å². The van der Waals surface area contributed by atoms with E-state index in [-0.39, 0.29) is 12.1 Å². The molecule has 3 aromatic rings. The predicted molar refractivity (Wildman–Crippen MR) is 108 cm³/mol. The fourth-order valence-electron chi connectivity index (χ4n) is 3.77. The quantitative estimate of drug-likeness (QED) is 0.734. The van der Waals surface area contributed by atoms with E-state index in [1.54, 1.807) is 6.20 Å². The van der Waals surface area contributed by atoms with Crippen LogP contribution in [0.5, 0.6) is 0 Å². The fourth-order valence-corrected chi connectivity index (χ4v) is 3.77. The first-order valence-corrected chi connectivity index (χ1v) is 9.33. The van der Waals surface area contributed by atoms with Crippen LogP contribution in [0.25, 0.3) is 0 Å². The van der Waals surface area contributed by atoms with Crippen molar-refractivity contribution in [1.29, 1.82) is 0 Å². The number of benzene rings is 2. The second-order valence-corrected chi connectivity index (χ2v) is 6.96. The molecule has 2 amide bonds. The lowest BCUT2D eigenvalue weighted by Crippen LogP contribution is -2.43. The Labute approximate surface area is 159 Å². The van der Waals surface area contributed by atoms with E-state index in [1.165, 1.54) is 16.7 Å². The summed E-state index contributed by atoms with van der Waals surface area (Å²) in [5.74, 6) is 0. The summed E-state index contributed by atoms with van der Waals surface area (Å²) in [6.45, 7) is 2.63. The third-order valence-corrected chi connectivity index (χ3v) is 5.09. The molecule has 1 aliphatic heterocycles. The topological polar surface area (TPSA) is 45.2 Å². The van der Waals surface area contributed by atoms with E-state index in [9.17, 15) is 4.79 Å². The van der Waals surface area contributed by atoms with Gasteiger partial charge in [-0.25, -0.2) is 4.79 Å². The van der Waals surface area contributed by atoms with Gasteiger partial charge in [0, 0.05) is 24.1 Å². The number of urea groups is 1. The number of fused-ring (bicyclic) bond motifs is 1. The molecule has 0 bridgehead atoms. The first-order valence-electron chi connectivity index (χ1n) is 9.33. The lowest BCUT2D eigenvalue weighted by Gasteiger charge is -2.37. The molecular weight excluding hydrogens is 334 g/mol. The van der Waals surface area contributed by atoms with Crippen LogP contribution in [0.3, 0.4) is 0 Å². The van der Waals surface area contributed by atoms with Gasteiger partial charge in [-0.3, -0.25) is 4.98 Å². The zero-order valence-electron chi connectivity index (χ0n) is 15.4. The molecular formula is C23H23N3O. The Morgan fingerprint density at radius 2 is 1.89 bits per heavy atom. The van der Waals surface area contributed by atoms with Crippen molar-refractivity contribution >= 4 is 11.7 Å². The van der Waals surface area contributed by atoms with Crippen LogP contribution in [0.2, 0.25) is 0 Å². The number of pyridine rings is 1. The van der Waals surface area contributed by atoms with E-state index in [0.29, 0.717) is 6.54 Å². The third-order valence-electron chi connectivity index (χ3n) is 5.09. The molecule has 27 heavy (non-hydrogen) atoms. The minimum atomic E-state index is -0.0592. The maximum Gasteiger partial charge on any atom is 0.322 e. The third kappa shape index (κ3) is 3.85. The summed E-state index contributed by atoms with van der Waals surface area (Å²) in [6, 6.07) is 22.5. The number of aryl methyl sites for hydroxylation is 1. The molecule has 1 aliphatic rings. The fraction of sp³-hybridized carbons (Fsp3) is 0.217. The number of nitrogens with one attached hydrogen (secondary N) is 1. The van der Waals surface area contributed by atoms with Crippen LogP contribution in [0.1, 0.15) is 28.4 Å². The molecule has 0 aliphatic carbocycles. The van der Waals surface area contributed by atoms with E-state index >= 15 is 0 Å². The Kier molecular flexibility index (Phi) is 4.88. The lowest BCUT2D eigenvalue weighted by molar-refractivity contribution is 0.182. The molecule has 1 atom stereocenters. The SMILES string of the molecule is Cc1cc(NC(=O)N2CCc3ccccc3C2Cc2ccccc2)ccn1. The maximum atomic E-state index is 13.1. The molecule has 136 valence electrons. The van der Waals surface area contributed by atoms with Crippen molar-refractivity contribution in [3.05, 3.63) is 95.3 Å². The highest BCUT2D eigenvalue weighted by Crippen LogP contribution is 2.33. The highest BCUT2D eigenvalue weighted by Gasteiger charge is 2.30. The Bertz CT molecular complexity index is 939. The number of carbonyl (C=O) groups is 1. The van der Waals surface area contributed by atoms with Gasteiger partial charge in [-0.05, 0) is 48.6 Å². The average Bonchev–Trinajstić information content (AvgIpc) is 2.69. The van der Waals surface area contributed by atoms with Gasteiger partial charge >= 0.3 is 6.03 Å². The zero-order valence-corrected chi connectivity index (χ0v) is 15.4. The summed E-state index contributed by atoms with van der Waals surface area (Å²) >= 11 is 0. The van der Waals surface area contributed by atoms with E-state index < -0.39 is 0 Å². The van der Waals surface area contributed by atoms with Crippen LogP contribution in [0.4, 0.5) is 10.5 Å². The monoisotopic (exact) mass is 357 g/mol. The number of nitrogens with zero attached hydrogens (tertiary/aromatic N) is 2. The van der Waals surface area contributed by atoms with Crippen molar-refractivity contribution in [2.75, 3.05) is 11.9 Å². The van der Waals surface area contributed by atoms with Gasteiger partial charge in [0.05, 0.1) is 6.04 Å². The summed E-state index contributed by atoms with van der Waals surface area (Å²) in [5.41, 5.74) is 5.48. The first-order chi connectivity index (χ1) is 13.2. The number of anilines is 1. The molecule has 0 saturated carbocycles. The molecule has 1 aromatic heterocycles. The Hall–Kier alpha value is -3.14. The van der Waals surface area contributed by atoms with Crippen LogP contribution < -0.4 is 5.32 Å². The second-order valence-electron chi connectivity index (χ2n) is 6.96. The largest absolute Gasteiger partial charge is 0.322 e. The van der Waals surface area contributed by atoms with Crippen LogP contribution in [0.15, 0.2) is 72.9 Å². The van der Waals surface area contributed by atoms with Crippen LogP contribution in [-0.4, -0.2) is 22.5 Å². The Morgan fingerprint density at radius 1 is 1.11 bits per heavy atom. The summed E-state index contributed by atoms with van der Waals surface area (Å²) in [6.07, 6.45) is 3.41. The van der Waals surface area contributed by atoms with Gasteiger partial charge in [0.2, 0.25) is 0 Å². The van der Waals surface area contributed by atoms with Gasteiger partial charge in [0.15, 0.2) is 0 Å². The minimum absolute atomic E-state index is 0.0280. The van der Waals surface area contributed by atoms with E-state index in [2.05, 4.69) is 46.7 Å². The Morgan fingerprint density at radius 3 is 2.70 bits per heavy atom. The molecule has 0 fully saturated rings. The standard InChI is InChI=1S/C23H23N3O/c1-17-15-20(11-13-24-17)25-23(27)26-14-12-19-9-5-6-10-21(19)22(26)16-18-7-3-2-4-8-18/h2-11,13,15,22H,12,14,16H2,1H3,(H,24,25,27). The van der Waals surface area contributed by atoms with Crippen molar-refractivity contribution in [2.45, 2.75) is 25.8 Å². The predicted octanol–water partition coefficient (Wildman–Crippen LogP) is 4.76. The summed E-state index contributed by atoms with van der Waals surface area (Å²) in [7, 11) is 0. The van der Waals surface area contributed by atoms with Crippen LogP contribution in [0, 0.1) is 6.92 Å². The summed E-state index contributed by atoms with van der Waals surface area (Å²) in [4.78, 5) is 19.2. The molecule has 1 unspecified atom stereocenters. The van der Waals surface area contributed by atoms with Crippen molar-refractivity contribution in [1.82, 2.24) is 9.88 Å². The van der Waals surface area contributed by atoms with Crippen molar-refractivity contribution in [3.63, 3.8) is 0 Å². The normalized spacial score (nSPS) is 15.9. The summed E-state index contributed by atoms with van der Waals surface area (Å²) in [5, 5.41) is 3.05. The van der Waals surface area contributed by atoms with Gasteiger partial charge in [0.1, 0.15) is 0 Å². The molecule has 1 N–H and O–H groups in total. The highest BCUT2D eigenvalue weighted by molar-refractivity contribution is 5.89. The number of carbonyl (C=O) groups excluding carboxylic acids is 1. The second kappa shape index (κ2) is 7.62. The summed E-state index contributed by atoms with van der Waals surface area (Å²) < 4.78 is 0. The van der Waals surface area contributed by atoms with Crippen LogP contribution in [-0.2, 0) is 12.8 Å². The molecule has 2 heterocycles. The van der Waals surface area contributed by atoms with Crippen molar-refractivity contribution in [3.8, 4) is 0 Å². The van der Waals surface area contributed by atoms with Crippen molar-refractivity contribution in [2.24, 2.45) is 0 Å². The molecule has 0 spiro atoms. The van der Waals surface area contributed by atoms with Gasteiger partial charge in [-0.2, -0.15) is 0 Å². The molecule has 0 radical (unpaired) electrons. The molecule has 0 saturated heterocycles. The minimum Gasteiger partial charge on any atom is -0.317 e. The molecule has 4 rings (SSSR count). The molecule has 4 heteroatoms. The molecule has 2 aromatic carbocycles. The van der Waals surface area contributed by atoms with Crippen molar-refractivity contribution < 1.29 is 4.79 Å². The van der Waals surface area contributed by atoms with E-state index in [1.807, 2.05) is 42.2 Å². The van der Waals surface area contributed by atoms with Gasteiger partial charge in [-0.1, -0.05) is 54.6 Å². The van der Waals surface area contributed by atoms with E-state index in [0.717, 1.165) is 24.2 Å². The maximum absolute atomic E-state index is 13.1. The average molecular weight is 357 g/mol. The van der Waals surface area contributed by atoms with Gasteiger partial charge < -0.3 is 10.2 Å². The van der Waals surface area contributed by atoms with Gasteiger partial charge in [-0.15, -0.1) is 0 Å². The van der Waals surface area contributed by atoms with Crippen LogP contribution >= 0.6 is 0 Å². The lowest BCUT2D eigenvalue weighted by atomic mass is 9.89. The highest BCUT2D eigenvalue weighted by atomic mass is 16.2. The molecule has 4 nitrogen and oxygen atoms in total. The first kappa shape index (κ1) is 17.3.